The molecule has 1 saturated carbocycles. The van der Waals surface area contributed by atoms with Gasteiger partial charge in [-0.2, -0.15) is 0 Å². The van der Waals surface area contributed by atoms with Gasteiger partial charge in [-0.1, -0.05) is 42.5 Å². The van der Waals surface area contributed by atoms with Gasteiger partial charge in [-0.3, -0.25) is 23.5 Å². The van der Waals surface area contributed by atoms with Crippen LogP contribution in [0.25, 0.3) is 10.9 Å². The molecule has 10 heteroatoms. The van der Waals surface area contributed by atoms with Gasteiger partial charge in [0.2, 0.25) is 11.8 Å². The zero-order valence-electron chi connectivity index (χ0n) is 25.1. The van der Waals surface area contributed by atoms with E-state index in [1.54, 1.807) is 42.5 Å². The highest BCUT2D eigenvalue weighted by molar-refractivity contribution is 5.93. The summed E-state index contributed by atoms with van der Waals surface area (Å²) in [6.45, 7) is 0.527. The van der Waals surface area contributed by atoms with Crippen LogP contribution in [0.5, 0.6) is 11.5 Å². The summed E-state index contributed by atoms with van der Waals surface area (Å²) in [5.41, 5.74) is 1.06. The fourth-order valence-corrected chi connectivity index (χ4v) is 5.91. The van der Waals surface area contributed by atoms with E-state index < -0.39 is 11.6 Å². The molecule has 2 amide bonds. The van der Waals surface area contributed by atoms with Crippen molar-refractivity contribution in [3.8, 4) is 11.5 Å². The second kappa shape index (κ2) is 14.1. The Morgan fingerprint density at radius 3 is 2.32 bits per heavy atom. The van der Waals surface area contributed by atoms with Crippen molar-refractivity contribution in [2.45, 2.75) is 45.2 Å². The summed E-state index contributed by atoms with van der Waals surface area (Å²) < 4.78 is 13.2. The van der Waals surface area contributed by atoms with E-state index >= 15 is 0 Å². The third-order valence-corrected chi connectivity index (χ3v) is 8.33. The van der Waals surface area contributed by atoms with Crippen molar-refractivity contribution in [1.82, 2.24) is 14.5 Å². The van der Waals surface area contributed by atoms with Gasteiger partial charge in [0, 0.05) is 25.1 Å². The minimum absolute atomic E-state index is 0.0586. The summed E-state index contributed by atoms with van der Waals surface area (Å²) in [4.78, 5) is 53.2. The van der Waals surface area contributed by atoms with Crippen LogP contribution in [0.2, 0.25) is 0 Å². The monoisotopic (exact) mass is 598 g/mol. The van der Waals surface area contributed by atoms with Crippen molar-refractivity contribution in [2.75, 3.05) is 26.1 Å². The van der Waals surface area contributed by atoms with E-state index in [9.17, 15) is 19.2 Å². The van der Waals surface area contributed by atoms with Gasteiger partial charge in [0.05, 0.1) is 30.8 Å². The van der Waals surface area contributed by atoms with Crippen molar-refractivity contribution >= 4 is 28.4 Å². The number of rotatable bonds is 11. The van der Waals surface area contributed by atoms with E-state index in [0.717, 1.165) is 19.3 Å². The Morgan fingerprint density at radius 1 is 0.864 bits per heavy atom. The number of methoxy groups -OCH3 is 2. The number of anilines is 1. The molecule has 0 spiro atoms. The van der Waals surface area contributed by atoms with Crippen LogP contribution in [0.4, 0.5) is 5.69 Å². The largest absolute Gasteiger partial charge is 0.497 e. The van der Waals surface area contributed by atoms with Crippen molar-refractivity contribution in [1.29, 1.82) is 0 Å². The minimum atomic E-state index is -0.540. The lowest BCUT2D eigenvalue weighted by Crippen LogP contribution is -2.43. The molecule has 1 aliphatic carbocycles. The van der Waals surface area contributed by atoms with E-state index in [0.29, 0.717) is 47.5 Å². The van der Waals surface area contributed by atoms with E-state index in [1.165, 1.54) is 28.9 Å². The van der Waals surface area contributed by atoms with Crippen molar-refractivity contribution < 1.29 is 19.1 Å². The standard InChI is InChI=1S/C34H38N4O6/c1-43-26-16-17-30(44-2)28(20-26)36-31(39)22-37-29-11-7-6-10-27(29)33(41)38(34(37)42)21-24-12-14-25(15-13-24)32(40)35-19-18-23-8-4-3-5-9-23/h3-11,16-17,20,24-25H,12-15,18-19,21-22H2,1-2H3,(H,35,40)(H,36,39). The molecule has 0 atom stereocenters. The maximum absolute atomic E-state index is 13.7. The zero-order valence-corrected chi connectivity index (χ0v) is 25.1. The SMILES string of the molecule is COc1ccc(OC)c(NC(=O)Cn2c(=O)n(CC3CCC(C(=O)NCCc4ccccc4)CC3)c(=O)c3ccccc32)c1. The first kappa shape index (κ1) is 30.6. The Balaban J connectivity index is 1.27. The first-order valence-corrected chi connectivity index (χ1v) is 14.9. The summed E-state index contributed by atoms with van der Waals surface area (Å²) in [7, 11) is 3.02. The van der Waals surface area contributed by atoms with Crippen molar-refractivity contribution in [3.63, 3.8) is 0 Å². The predicted octanol–water partition coefficient (Wildman–Crippen LogP) is 3.98. The molecule has 0 radical (unpaired) electrons. The maximum atomic E-state index is 13.7. The lowest BCUT2D eigenvalue weighted by atomic mass is 9.81. The molecule has 5 rings (SSSR count). The molecule has 0 bridgehead atoms. The topological polar surface area (TPSA) is 121 Å². The first-order chi connectivity index (χ1) is 21.4. The van der Waals surface area contributed by atoms with Gasteiger partial charge in [0.25, 0.3) is 5.56 Å². The van der Waals surface area contributed by atoms with Crippen LogP contribution in [-0.2, 0) is 29.1 Å². The summed E-state index contributed by atoms with van der Waals surface area (Å²) in [5, 5.41) is 6.23. The molecule has 2 N–H and O–H groups in total. The number of carbonyl (C=O) groups is 2. The van der Waals surface area contributed by atoms with Crippen molar-refractivity contribution in [3.05, 3.63) is 99.2 Å². The predicted molar refractivity (Wildman–Crippen MR) is 169 cm³/mol. The number of aromatic nitrogens is 2. The average Bonchev–Trinajstić information content (AvgIpc) is 3.05. The minimum Gasteiger partial charge on any atom is -0.497 e. The van der Waals surface area contributed by atoms with E-state index in [1.807, 2.05) is 30.3 Å². The number of hydrogen-bond acceptors (Lipinski definition) is 6. The van der Waals surface area contributed by atoms with Crippen LogP contribution in [0.15, 0.2) is 82.4 Å². The van der Waals surface area contributed by atoms with Gasteiger partial charge in [-0.05, 0) is 67.9 Å². The molecule has 44 heavy (non-hydrogen) atoms. The number of ether oxygens (including phenoxy) is 2. The average molecular weight is 599 g/mol. The van der Waals surface area contributed by atoms with E-state index in [2.05, 4.69) is 10.6 Å². The Labute approximate surface area is 255 Å². The van der Waals surface area contributed by atoms with E-state index in [4.69, 9.17) is 9.47 Å². The molecule has 1 aromatic heterocycles. The number of benzene rings is 3. The summed E-state index contributed by atoms with van der Waals surface area (Å²) >= 11 is 0. The highest BCUT2D eigenvalue weighted by atomic mass is 16.5. The molecule has 1 fully saturated rings. The second-order valence-corrected chi connectivity index (χ2v) is 11.2. The summed E-state index contributed by atoms with van der Waals surface area (Å²) in [6.07, 6.45) is 3.63. The van der Waals surface area contributed by atoms with Gasteiger partial charge in [0.15, 0.2) is 0 Å². The van der Waals surface area contributed by atoms with Gasteiger partial charge >= 0.3 is 5.69 Å². The number of fused-ring (bicyclic) bond motifs is 1. The Morgan fingerprint density at radius 2 is 1.59 bits per heavy atom. The fraction of sp³-hybridized carbons (Fsp3) is 0.353. The molecule has 0 saturated heterocycles. The molecule has 4 aromatic rings. The lowest BCUT2D eigenvalue weighted by Gasteiger charge is -2.28. The van der Waals surface area contributed by atoms with Gasteiger partial charge in [-0.15, -0.1) is 0 Å². The first-order valence-electron chi connectivity index (χ1n) is 14.9. The van der Waals surface area contributed by atoms with Gasteiger partial charge in [-0.25, -0.2) is 4.79 Å². The zero-order chi connectivity index (χ0) is 31.1. The Kier molecular flexibility index (Phi) is 9.79. The molecule has 230 valence electrons. The van der Waals surface area contributed by atoms with Gasteiger partial charge < -0.3 is 20.1 Å². The molecule has 1 aliphatic rings. The molecular formula is C34H38N4O6. The number of nitrogens with one attached hydrogen (secondary N) is 2. The number of amides is 2. The van der Waals surface area contributed by atoms with Crippen LogP contribution >= 0.6 is 0 Å². The molecular weight excluding hydrogens is 560 g/mol. The highest BCUT2D eigenvalue weighted by Crippen LogP contribution is 2.30. The number of hydrogen-bond donors (Lipinski definition) is 2. The maximum Gasteiger partial charge on any atom is 0.331 e. The molecule has 10 nitrogen and oxygen atoms in total. The smallest absolute Gasteiger partial charge is 0.331 e. The molecule has 0 aliphatic heterocycles. The fourth-order valence-electron chi connectivity index (χ4n) is 5.91. The molecule has 3 aromatic carbocycles. The Hall–Kier alpha value is -4.86. The van der Waals surface area contributed by atoms with Crippen molar-refractivity contribution in [2.24, 2.45) is 11.8 Å². The van der Waals surface area contributed by atoms with Crippen LogP contribution in [0.1, 0.15) is 31.2 Å². The highest BCUT2D eigenvalue weighted by Gasteiger charge is 2.27. The van der Waals surface area contributed by atoms with Crippen LogP contribution in [-0.4, -0.2) is 41.7 Å². The third kappa shape index (κ3) is 7.02. The summed E-state index contributed by atoms with van der Waals surface area (Å²) in [6, 6.07) is 21.9. The van der Waals surface area contributed by atoms with Crippen LogP contribution in [0, 0.1) is 11.8 Å². The molecule has 1 heterocycles. The second-order valence-electron chi connectivity index (χ2n) is 11.2. The van der Waals surface area contributed by atoms with Crippen LogP contribution < -0.4 is 31.4 Å². The number of nitrogens with zero attached hydrogens (tertiary/aromatic N) is 2. The molecule has 0 unspecified atom stereocenters. The summed E-state index contributed by atoms with van der Waals surface area (Å²) in [5.74, 6) is 0.581. The Bertz CT molecular complexity index is 1740. The van der Waals surface area contributed by atoms with Crippen LogP contribution in [0.3, 0.4) is 0 Å². The van der Waals surface area contributed by atoms with E-state index in [-0.39, 0.29) is 36.4 Å². The third-order valence-electron chi connectivity index (χ3n) is 8.33. The van der Waals surface area contributed by atoms with Gasteiger partial charge in [0.1, 0.15) is 18.0 Å². The number of carbonyl (C=O) groups excluding carboxylic acids is 2. The normalized spacial score (nSPS) is 16.3. The quantitative estimate of drug-likeness (QED) is 0.270. The lowest BCUT2D eigenvalue weighted by molar-refractivity contribution is -0.126. The number of para-hydroxylation sites is 1.